The SMILES string of the molecule is CN(C)c1ccc(N=Nc2ccc(C(=O)NC[C@H]3O[C@@H]4O[C@H]5[C@H](O)[C@@H](O)[C@@H](O[C@H]6[C@H](O)[C@@H](O)[C@@H](O[C@H]7[C@H](O)[C@@H](O)[C@@H](O[C@H]8[C@H](O)[C@@H](O)[C@@H](O[C@H]9[C@H](O)[C@@H](O)[C@@H](O[C@H]3[C@H](O)[C@H]4O)O[C@@H]9CO)O[C@@H]8CO)O[C@@H]7CO)O[C@@H]6CO)O[C@@H]5CO)cc2)cc1. The molecule has 24 rings (SSSR count). The number of carbonyl (C=O) groups excluding carboxylic acids is 1. The molecule has 0 aromatic heterocycles. The summed E-state index contributed by atoms with van der Waals surface area (Å²) in [4.78, 5) is 15.6. The van der Waals surface area contributed by atoms with Crippen molar-refractivity contribution in [3.8, 4) is 0 Å². The number of carbonyl (C=O) groups is 1. The minimum Gasteiger partial charge on any atom is -0.394 e. The first kappa shape index (κ1) is 65.6. The predicted octanol–water partition coefficient (Wildman–Crippen LogP) is -9.14. The van der Waals surface area contributed by atoms with E-state index in [1.807, 2.05) is 31.1 Å². The third-order valence-electron chi connectivity index (χ3n) is 15.7. The summed E-state index contributed by atoms with van der Waals surface area (Å²) in [5, 5.41) is 201. The van der Waals surface area contributed by atoms with Crippen molar-refractivity contribution in [1.82, 2.24) is 5.32 Å². The Morgan fingerprint density at radius 3 is 0.847 bits per heavy atom. The summed E-state index contributed by atoms with van der Waals surface area (Å²) in [7, 11) is 3.77. The van der Waals surface area contributed by atoms with Crippen molar-refractivity contribution in [2.45, 2.75) is 184 Å². The Morgan fingerprint density at radius 1 is 0.365 bits per heavy atom. The lowest BCUT2D eigenvalue weighted by Gasteiger charge is -2.50. The molecule has 0 aliphatic carbocycles. The van der Waals surface area contributed by atoms with Gasteiger partial charge < -0.3 is 154 Å². The second kappa shape index (κ2) is 28.3. The Labute approximate surface area is 482 Å². The molecular formula is C51H74N4O30. The summed E-state index contributed by atoms with van der Waals surface area (Å²) < 4.78 is 69.8. The number of benzene rings is 2. The molecule has 22 heterocycles. The first-order valence-corrected chi connectivity index (χ1v) is 27.3. The highest BCUT2D eigenvalue weighted by molar-refractivity contribution is 5.94. The molecule has 85 heavy (non-hydrogen) atoms. The maximum absolute atomic E-state index is 13.7. The Hall–Kier alpha value is -3.85. The molecule has 18 N–H and O–H groups in total. The van der Waals surface area contributed by atoms with E-state index >= 15 is 0 Å². The molecule has 30 atom stereocenters. The fraction of sp³-hybridized carbons (Fsp3) is 0.745. The summed E-state index contributed by atoms with van der Waals surface area (Å²) in [6.07, 6.45) is -59.9. The second-order valence-corrected chi connectivity index (χ2v) is 21.5. The Balaban J connectivity index is 0.995. The highest BCUT2D eigenvalue weighted by Gasteiger charge is 2.59. The van der Waals surface area contributed by atoms with Crippen LogP contribution in [0.15, 0.2) is 58.8 Å². The lowest BCUT2D eigenvalue weighted by molar-refractivity contribution is -0.403. The molecule has 34 heteroatoms. The van der Waals surface area contributed by atoms with Crippen LogP contribution in [0.2, 0.25) is 0 Å². The number of nitrogens with one attached hydrogen (secondary N) is 1. The van der Waals surface area contributed by atoms with E-state index in [1.54, 1.807) is 12.1 Å². The maximum Gasteiger partial charge on any atom is 0.251 e. The molecule has 22 aliphatic rings. The molecule has 34 nitrogen and oxygen atoms in total. The second-order valence-electron chi connectivity index (χ2n) is 21.5. The Morgan fingerprint density at radius 2 is 0.600 bits per heavy atom. The molecule has 2 aromatic rings. The number of hydrogen-bond acceptors (Lipinski definition) is 33. The third-order valence-corrected chi connectivity index (χ3v) is 15.7. The van der Waals surface area contributed by atoms with E-state index in [4.69, 9.17) is 56.8 Å². The zero-order valence-electron chi connectivity index (χ0n) is 45.4. The molecule has 478 valence electrons. The number of amides is 1. The first-order valence-electron chi connectivity index (χ1n) is 27.3. The summed E-state index contributed by atoms with van der Waals surface area (Å²) in [6, 6.07) is 13.1. The van der Waals surface area contributed by atoms with Crippen molar-refractivity contribution in [3.05, 3.63) is 54.1 Å². The van der Waals surface area contributed by atoms with Crippen LogP contribution in [-0.2, 0) is 56.8 Å². The molecule has 12 bridgehead atoms. The normalized spacial score (nSPS) is 45.5. The van der Waals surface area contributed by atoms with Crippen LogP contribution in [0, 0.1) is 0 Å². The van der Waals surface area contributed by atoms with Gasteiger partial charge in [0.15, 0.2) is 37.7 Å². The van der Waals surface area contributed by atoms with Crippen LogP contribution in [-0.4, -0.2) is 331 Å². The molecule has 22 saturated heterocycles. The Bertz CT molecular complexity index is 2470. The van der Waals surface area contributed by atoms with Gasteiger partial charge in [0.05, 0.1) is 44.4 Å². The first-order chi connectivity index (χ1) is 40.6. The van der Waals surface area contributed by atoms with Gasteiger partial charge in [0, 0.05) is 31.9 Å². The zero-order valence-corrected chi connectivity index (χ0v) is 45.4. The highest BCUT2D eigenvalue weighted by atomic mass is 16.8. The van der Waals surface area contributed by atoms with Gasteiger partial charge in [-0.3, -0.25) is 4.79 Å². The van der Waals surface area contributed by atoms with Crippen LogP contribution in [0.3, 0.4) is 0 Å². The van der Waals surface area contributed by atoms with Crippen molar-refractivity contribution in [2.24, 2.45) is 10.2 Å². The molecular weight excluding hydrogens is 1150 g/mol. The van der Waals surface area contributed by atoms with Crippen LogP contribution in [0.25, 0.3) is 0 Å². The standard InChI is InChI=1S/C51H74N4O30/c1-55(2)20-9-7-19(8-10-20)54-53-18-5-3-17(4-6-18)45(73)52-11-21-39-27(61)33(67)46(74-21)81-40-22(12-56)76-48(35(69)29(40)63)83-42-24(14-58)78-50(37(71)31(42)65)85-44-26(16-60)79-51(38(72)32(44)66)84-43-25(15-59)77-49(36(70)30(43)64)82-41-23(13-57)75-47(80-39)34(68)28(41)62/h3-10,21-44,46-51,56-72H,11-16H2,1-2H3,(H,52,73)/t21-,22-,23-,24-,25-,26-,27-,28-,29-,30-,31-,32-,33-,34-,35-,36-,37-,38-,39-,40-,41-,42-,43-,44-,46-,47-,48-,49-,50-,51-/m1/s1. The van der Waals surface area contributed by atoms with Crippen LogP contribution in [0.5, 0.6) is 0 Å². The summed E-state index contributed by atoms with van der Waals surface area (Å²) in [5.74, 6) is -0.750. The summed E-state index contributed by atoms with van der Waals surface area (Å²) in [6.45, 7) is -5.78. The van der Waals surface area contributed by atoms with E-state index in [-0.39, 0.29) is 5.56 Å². The largest absolute Gasteiger partial charge is 0.394 e. The van der Waals surface area contributed by atoms with E-state index < -0.39 is 230 Å². The fourth-order valence-electron chi connectivity index (χ4n) is 10.9. The van der Waals surface area contributed by atoms with Gasteiger partial charge in [-0.1, -0.05) is 0 Å². The van der Waals surface area contributed by atoms with Gasteiger partial charge in [0.2, 0.25) is 0 Å². The van der Waals surface area contributed by atoms with Gasteiger partial charge in [-0.25, -0.2) is 0 Å². The number of aliphatic hydroxyl groups is 17. The molecule has 0 radical (unpaired) electrons. The average molecular weight is 1220 g/mol. The predicted molar refractivity (Wildman–Crippen MR) is 272 cm³/mol. The van der Waals surface area contributed by atoms with E-state index in [9.17, 15) is 91.6 Å². The quantitative estimate of drug-likeness (QED) is 0.0929. The molecule has 22 fully saturated rings. The van der Waals surface area contributed by atoms with Gasteiger partial charge in [-0.15, -0.1) is 0 Å². The van der Waals surface area contributed by atoms with Crippen molar-refractivity contribution in [1.29, 1.82) is 0 Å². The number of ether oxygens (including phenoxy) is 12. The maximum atomic E-state index is 13.7. The zero-order chi connectivity index (χ0) is 61.3. The highest BCUT2D eigenvalue weighted by Crippen LogP contribution is 2.38. The lowest BCUT2D eigenvalue weighted by atomic mass is 9.94. The van der Waals surface area contributed by atoms with Gasteiger partial charge in [0.25, 0.3) is 5.91 Å². The van der Waals surface area contributed by atoms with Crippen molar-refractivity contribution in [2.75, 3.05) is 58.6 Å². The molecule has 0 unspecified atom stereocenters. The number of anilines is 1. The van der Waals surface area contributed by atoms with E-state index in [0.717, 1.165) is 5.69 Å². The molecule has 1 amide bonds. The smallest absolute Gasteiger partial charge is 0.251 e. The summed E-state index contributed by atoms with van der Waals surface area (Å²) >= 11 is 0. The summed E-state index contributed by atoms with van der Waals surface area (Å²) in [5.41, 5.74) is 1.94. The Kier molecular flexibility index (Phi) is 21.9. The van der Waals surface area contributed by atoms with Gasteiger partial charge >= 0.3 is 0 Å². The number of rotatable bonds is 11. The number of nitrogens with zero attached hydrogens (tertiary/aromatic N) is 3. The number of hydrogen-bond donors (Lipinski definition) is 18. The van der Waals surface area contributed by atoms with Crippen LogP contribution in [0.1, 0.15) is 10.4 Å². The fourth-order valence-corrected chi connectivity index (χ4v) is 10.9. The van der Waals surface area contributed by atoms with Crippen molar-refractivity contribution < 1.29 is 148 Å². The van der Waals surface area contributed by atoms with Gasteiger partial charge in [-0.05, 0) is 48.5 Å². The lowest BCUT2D eigenvalue weighted by Crippen LogP contribution is -2.69. The number of aliphatic hydroxyl groups excluding tert-OH is 17. The van der Waals surface area contributed by atoms with Crippen LogP contribution in [0.4, 0.5) is 17.1 Å². The topological polar surface area (TPSA) is 512 Å². The van der Waals surface area contributed by atoms with Crippen molar-refractivity contribution in [3.63, 3.8) is 0 Å². The van der Waals surface area contributed by atoms with E-state index in [1.165, 1.54) is 24.3 Å². The molecule has 0 saturated carbocycles. The third kappa shape index (κ3) is 13.8. The minimum absolute atomic E-state index is 0.0687. The monoisotopic (exact) mass is 1220 g/mol. The van der Waals surface area contributed by atoms with Crippen LogP contribution >= 0.6 is 0 Å². The van der Waals surface area contributed by atoms with Crippen LogP contribution < -0.4 is 10.2 Å². The molecule has 0 spiro atoms. The van der Waals surface area contributed by atoms with Gasteiger partial charge in [0.1, 0.15) is 146 Å². The average Bonchev–Trinajstić information content (AvgIpc) is 3.12. The number of azo groups is 1. The van der Waals surface area contributed by atoms with Crippen molar-refractivity contribution >= 4 is 23.0 Å². The molecule has 22 aliphatic heterocycles. The van der Waals surface area contributed by atoms with Gasteiger partial charge in [-0.2, -0.15) is 10.2 Å². The van der Waals surface area contributed by atoms with E-state index in [0.29, 0.717) is 11.4 Å². The van der Waals surface area contributed by atoms with E-state index in [2.05, 4.69) is 15.5 Å². The molecule has 2 aromatic carbocycles. The minimum atomic E-state index is -2.23.